The number of aliphatic hydroxyl groups excluding tert-OH is 1. The van der Waals surface area contributed by atoms with Crippen LogP contribution in [-0.2, 0) is 11.3 Å². The third kappa shape index (κ3) is 8.43. The van der Waals surface area contributed by atoms with E-state index in [4.69, 9.17) is 21.4 Å². The Labute approximate surface area is 132 Å². The molecule has 0 aliphatic rings. The van der Waals surface area contributed by atoms with E-state index in [0.717, 1.165) is 24.9 Å². The zero-order valence-electron chi connectivity index (χ0n) is 12.0. The summed E-state index contributed by atoms with van der Waals surface area (Å²) >= 11 is 5.76. The number of ether oxygens (including phenoxy) is 2. The van der Waals surface area contributed by atoms with Crippen LogP contribution >= 0.6 is 11.6 Å². The lowest BCUT2D eigenvalue weighted by Gasteiger charge is -2.11. The Balaban J connectivity index is 2.25. The second-order valence-electron chi connectivity index (χ2n) is 4.53. The molecular formula is C14H19ClF3NO3. The number of rotatable bonds is 10. The Bertz CT molecular complexity index is 444. The number of hydrogen-bond donors (Lipinski definition) is 2. The Morgan fingerprint density at radius 3 is 2.59 bits per heavy atom. The summed E-state index contributed by atoms with van der Waals surface area (Å²) in [6, 6.07) is 4.18. The van der Waals surface area contributed by atoms with Gasteiger partial charge < -0.3 is 19.9 Å². The van der Waals surface area contributed by atoms with Gasteiger partial charge in [0.05, 0.1) is 18.2 Å². The fourth-order valence-corrected chi connectivity index (χ4v) is 1.96. The average molecular weight is 342 g/mol. The van der Waals surface area contributed by atoms with Crippen LogP contribution in [0.3, 0.4) is 0 Å². The van der Waals surface area contributed by atoms with Crippen molar-refractivity contribution in [2.75, 3.05) is 26.4 Å². The zero-order chi connectivity index (χ0) is 16.4. The number of nitrogens with one attached hydrogen (secondary N) is 1. The number of aliphatic hydroxyl groups is 1. The monoisotopic (exact) mass is 341 g/mol. The third-order valence-electron chi connectivity index (χ3n) is 2.68. The summed E-state index contributed by atoms with van der Waals surface area (Å²) < 4.78 is 45.2. The normalized spacial score (nSPS) is 11.7. The molecule has 0 saturated heterocycles. The Morgan fingerprint density at radius 1 is 1.18 bits per heavy atom. The first-order valence-corrected chi connectivity index (χ1v) is 7.23. The van der Waals surface area contributed by atoms with Crippen molar-refractivity contribution >= 4 is 11.6 Å². The van der Waals surface area contributed by atoms with Crippen molar-refractivity contribution in [3.63, 3.8) is 0 Å². The van der Waals surface area contributed by atoms with E-state index >= 15 is 0 Å². The van der Waals surface area contributed by atoms with Crippen LogP contribution in [0, 0.1) is 0 Å². The molecule has 8 heteroatoms. The quantitative estimate of drug-likeness (QED) is 0.642. The molecule has 0 amide bonds. The van der Waals surface area contributed by atoms with Gasteiger partial charge in [0.25, 0.3) is 0 Å². The maximum Gasteiger partial charge on any atom is 0.573 e. The fourth-order valence-electron chi connectivity index (χ4n) is 1.72. The molecule has 0 spiro atoms. The minimum atomic E-state index is -4.75. The fraction of sp³-hybridized carbons (Fsp3) is 0.571. The summed E-state index contributed by atoms with van der Waals surface area (Å²) in [7, 11) is 0. The maximum absolute atomic E-state index is 12.1. The highest BCUT2D eigenvalue weighted by Crippen LogP contribution is 2.30. The van der Waals surface area contributed by atoms with E-state index in [1.807, 2.05) is 0 Å². The molecule has 0 saturated carbocycles. The molecule has 1 rings (SSSR count). The van der Waals surface area contributed by atoms with Crippen LogP contribution in [0.5, 0.6) is 5.75 Å². The first-order chi connectivity index (χ1) is 10.4. The van der Waals surface area contributed by atoms with E-state index < -0.39 is 12.1 Å². The smallest absolute Gasteiger partial charge is 0.404 e. The van der Waals surface area contributed by atoms with Crippen LogP contribution in [0.25, 0.3) is 0 Å². The number of unbranched alkanes of at least 4 members (excludes halogenated alkanes) is 1. The number of halogens is 4. The molecular weight excluding hydrogens is 323 g/mol. The number of hydrogen-bond acceptors (Lipinski definition) is 4. The van der Waals surface area contributed by atoms with E-state index in [1.54, 1.807) is 0 Å². The lowest BCUT2D eigenvalue weighted by Crippen LogP contribution is -2.18. The Hall–Kier alpha value is -1.02. The molecule has 0 aliphatic carbocycles. The average Bonchev–Trinajstić information content (AvgIpc) is 2.43. The summed E-state index contributed by atoms with van der Waals surface area (Å²) in [5.74, 6) is -0.404. The summed E-state index contributed by atoms with van der Waals surface area (Å²) in [6.45, 7) is 2.22. The van der Waals surface area contributed by atoms with Crippen molar-refractivity contribution in [3.05, 3.63) is 28.8 Å². The van der Waals surface area contributed by atoms with Crippen LogP contribution in [0.1, 0.15) is 18.4 Å². The lowest BCUT2D eigenvalue weighted by molar-refractivity contribution is -0.274. The Kier molecular flexibility index (Phi) is 8.55. The van der Waals surface area contributed by atoms with Crippen LogP contribution in [-0.4, -0.2) is 37.8 Å². The van der Waals surface area contributed by atoms with Gasteiger partial charge in [0, 0.05) is 13.2 Å². The summed E-state index contributed by atoms with van der Waals surface area (Å²) in [4.78, 5) is 0. The van der Waals surface area contributed by atoms with Crippen LogP contribution in [0.4, 0.5) is 13.2 Å². The summed E-state index contributed by atoms with van der Waals surface area (Å²) in [6.07, 6.45) is -2.98. The molecule has 0 unspecified atom stereocenters. The van der Waals surface area contributed by atoms with E-state index in [-0.39, 0.29) is 11.6 Å². The molecule has 0 radical (unpaired) electrons. The van der Waals surface area contributed by atoms with Crippen molar-refractivity contribution < 1.29 is 27.8 Å². The van der Waals surface area contributed by atoms with Crippen molar-refractivity contribution in [2.45, 2.75) is 25.7 Å². The van der Waals surface area contributed by atoms with Crippen molar-refractivity contribution in [1.82, 2.24) is 5.32 Å². The molecule has 0 aliphatic heterocycles. The molecule has 22 heavy (non-hydrogen) atoms. The lowest BCUT2D eigenvalue weighted by atomic mass is 10.2. The summed E-state index contributed by atoms with van der Waals surface area (Å²) in [5, 5.41) is 11.6. The van der Waals surface area contributed by atoms with Gasteiger partial charge >= 0.3 is 6.36 Å². The van der Waals surface area contributed by atoms with Crippen molar-refractivity contribution in [3.8, 4) is 5.75 Å². The van der Waals surface area contributed by atoms with Crippen LogP contribution in [0.2, 0.25) is 5.02 Å². The topological polar surface area (TPSA) is 50.7 Å². The molecule has 0 bridgehead atoms. The van der Waals surface area contributed by atoms with E-state index in [0.29, 0.717) is 19.8 Å². The van der Waals surface area contributed by atoms with Gasteiger partial charge in [-0.25, -0.2) is 0 Å². The predicted molar refractivity (Wildman–Crippen MR) is 77.0 cm³/mol. The highest BCUT2D eigenvalue weighted by Gasteiger charge is 2.31. The molecule has 1 aromatic rings. The summed E-state index contributed by atoms with van der Waals surface area (Å²) in [5.41, 5.74) is 0.774. The van der Waals surface area contributed by atoms with E-state index in [1.165, 1.54) is 18.2 Å². The number of alkyl halides is 3. The van der Waals surface area contributed by atoms with E-state index in [9.17, 15) is 13.2 Å². The second kappa shape index (κ2) is 9.89. The van der Waals surface area contributed by atoms with Gasteiger partial charge in [-0.2, -0.15) is 0 Å². The zero-order valence-corrected chi connectivity index (χ0v) is 12.7. The van der Waals surface area contributed by atoms with Gasteiger partial charge in [-0.15, -0.1) is 13.2 Å². The van der Waals surface area contributed by atoms with Gasteiger partial charge in [0.1, 0.15) is 5.75 Å². The first-order valence-electron chi connectivity index (χ1n) is 6.86. The molecule has 126 valence electrons. The minimum Gasteiger partial charge on any atom is -0.404 e. The van der Waals surface area contributed by atoms with E-state index in [2.05, 4.69) is 10.1 Å². The minimum absolute atomic E-state index is 0.0209. The molecule has 2 N–H and O–H groups in total. The molecule has 0 atom stereocenters. The molecule has 1 aromatic carbocycles. The highest BCUT2D eigenvalue weighted by atomic mass is 35.5. The first kappa shape index (κ1) is 19.0. The second-order valence-corrected chi connectivity index (χ2v) is 4.94. The molecule has 0 aromatic heterocycles. The molecule has 0 fully saturated rings. The van der Waals surface area contributed by atoms with Gasteiger partial charge in [-0.1, -0.05) is 17.7 Å². The van der Waals surface area contributed by atoms with Gasteiger partial charge in [0.2, 0.25) is 0 Å². The van der Waals surface area contributed by atoms with Crippen molar-refractivity contribution in [1.29, 1.82) is 0 Å². The highest BCUT2D eigenvalue weighted by molar-refractivity contribution is 6.32. The largest absolute Gasteiger partial charge is 0.573 e. The number of benzene rings is 1. The molecule has 0 heterocycles. The Morgan fingerprint density at radius 2 is 1.95 bits per heavy atom. The standard InChI is InChI=1S/C14H19ClF3NO3/c15-12-9-11(3-4-13(12)22-14(16,17)18)10-19-5-1-2-7-21-8-6-20/h3-4,9,19-20H,1-2,5-8,10H2. The predicted octanol–water partition coefficient (Wildman–Crippen LogP) is 3.12. The van der Waals surface area contributed by atoms with Gasteiger partial charge in [-0.3, -0.25) is 0 Å². The molecule has 4 nitrogen and oxygen atoms in total. The third-order valence-corrected chi connectivity index (χ3v) is 2.97. The van der Waals surface area contributed by atoms with Crippen molar-refractivity contribution in [2.24, 2.45) is 0 Å². The SMILES string of the molecule is OCCOCCCCNCc1ccc(OC(F)(F)F)c(Cl)c1. The van der Waals surface area contributed by atoms with Gasteiger partial charge in [-0.05, 0) is 37.1 Å². The maximum atomic E-state index is 12.1. The van der Waals surface area contributed by atoms with Crippen LogP contribution in [0.15, 0.2) is 18.2 Å². The van der Waals surface area contributed by atoms with Crippen LogP contribution < -0.4 is 10.1 Å². The van der Waals surface area contributed by atoms with Gasteiger partial charge in [0.15, 0.2) is 0 Å².